The smallest absolute Gasteiger partial charge is 0.306 e. The van der Waals surface area contributed by atoms with Gasteiger partial charge in [0.2, 0.25) is 0 Å². The van der Waals surface area contributed by atoms with E-state index in [-0.39, 0.29) is 37.5 Å². The molecule has 0 heterocycles. The lowest BCUT2D eigenvalue weighted by atomic mass is 10.1. The molecule has 0 rings (SSSR count). The molecule has 0 fully saturated rings. The van der Waals surface area contributed by atoms with E-state index < -0.39 is 6.10 Å². The lowest BCUT2D eigenvalue weighted by Gasteiger charge is -2.18. The van der Waals surface area contributed by atoms with Crippen LogP contribution < -0.4 is 0 Å². The van der Waals surface area contributed by atoms with Gasteiger partial charge in [0.25, 0.3) is 0 Å². The number of hydrogen-bond donors (Lipinski definition) is 0. The van der Waals surface area contributed by atoms with Crippen molar-refractivity contribution in [3.05, 3.63) is 122 Å². The van der Waals surface area contributed by atoms with Gasteiger partial charge in [-0.2, -0.15) is 0 Å². The molecule has 0 aromatic rings. The summed E-state index contributed by atoms with van der Waals surface area (Å²) in [6, 6.07) is 0. The lowest BCUT2D eigenvalue weighted by Crippen LogP contribution is -2.30. The van der Waals surface area contributed by atoms with Crippen LogP contribution in [0.2, 0.25) is 0 Å². The minimum Gasteiger partial charge on any atom is -0.462 e. The molecule has 0 bridgehead atoms. The molecule has 0 aliphatic heterocycles. The first-order chi connectivity index (χ1) is 33.0. The highest BCUT2D eigenvalue weighted by molar-refractivity contribution is 5.71. The average molecular weight is 927 g/mol. The molecular formula is C61H98O6. The zero-order valence-corrected chi connectivity index (χ0v) is 43.1. The fourth-order valence-corrected chi connectivity index (χ4v) is 6.93. The second-order valence-corrected chi connectivity index (χ2v) is 17.4. The van der Waals surface area contributed by atoms with Crippen molar-refractivity contribution < 1.29 is 28.6 Å². The number of ether oxygens (including phenoxy) is 3. The van der Waals surface area contributed by atoms with Crippen LogP contribution in [-0.2, 0) is 28.6 Å². The summed E-state index contributed by atoms with van der Waals surface area (Å²) in [6.07, 6.45) is 74.7. The van der Waals surface area contributed by atoms with E-state index in [2.05, 4.69) is 142 Å². The van der Waals surface area contributed by atoms with Crippen LogP contribution in [0, 0.1) is 0 Å². The van der Waals surface area contributed by atoms with Crippen LogP contribution in [0.4, 0.5) is 0 Å². The van der Waals surface area contributed by atoms with Crippen LogP contribution in [0.25, 0.3) is 0 Å². The maximum absolute atomic E-state index is 12.8. The summed E-state index contributed by atoms with van der Waals surface area (Å²) in [6.45, 7) is 6.31. The molecule has 0 saturated carbocycles. The van der Waals surface area contributed by atoms with E-state index in [0.717, 1.165) is 128 Å². The van der Waals surface area contributed by atoms with Crippen molar-refractivity contribution in [1.82, 2.24) is 0 Å². The van der Waals surface area contributed by atoms with E-state index in [4.69, 9.17) is 14.2 Å². The van der Waals surface area contributed by atoms with Crippen molar-refractivity contribution in [2.24, 2.45) is 0 Å². The molecule has 1 atom stereocenters. The van der Waals surface area contributed by atoms with Gasteiger partial charge in [-0.1, -0.05) is 206 Å². The lowest BCUT2D eigenvalue weighted by molar-refractivity contribution is -0.167. The van der Waals surface area contributed by atoms with Crippen molar-refractivity contribution in [3.63, 3.8) is 0 Å². The highest BCUT2D eigenvalue weighted by Crippen LogP contribution is 2.13. The van der Waals surface area contributed by atoms with Gasteiger partial charge in [-0.25, -0.2) is 0 Å². The van der Waals surface area contributed by atoms with E-state index in [1.807, 2.05) is 0 Å². The van der Waals surface area contributed by atoms with Crippen LogP contribution in [0.3, 0.4) is 0 Å². The Morgan fingerprint density at radius 3 is 0.970 bits per heavy atom. The molecule has 0 spiro atoms. The second-order valence-electron chi connectivity index (χ2n) is 17.4. The molecule has 378 valence electrons. The zero-order valence-electron chi connectivity index (χ0n) is 43.1. The maximum atomic E-state index is 12.8. The first-order valence-electron chi connectivity index (χ1n) is 27.0. The van der Waals surface area contributed by atoms with Crippen molar-refractivity contribution in [1.29, 1.82) is 0 Å². The molecule has 0 radical (unpaired) electrons. The summed E-state index contributed by atoms with van der Waals surface area (Å²) in [5.41, 5.74) is 0. The van der Waals surface area contributed by atoms with Gasteiger partial charge in [-0.05, 0) is 122 Å². The molecule has 0 saturated heterocycles. The first-order valence-corrected chi connectivity index (χ1v) is 27.0. The minimum atomic E-state index is -0.816. The van der Waals surface area contributed by atoms with Crippen molar-refractivity contribution in [2.75, 3.05) is 13.2 Å². The van der Waals surface area contributed by atoms with Crippen LogP contribution in [0.15, 0.2) is 122 Å². The minimum absolute atomic E-state index is 0.111. The number of esters is 3. The van der Waals surface area contributed by atoms with Crippen molar-refractivity contribution >= 4 is 17.9 Å². The Bertz CT molecular complexity index is 1440. The Morgan fingerprint density at radius 2 is 0.597 bits per heavy atom. The van der Waals surface area contributed by atoms with Gasteiger partial charge in [0.05, 0.1) is 0 Å². The van der Waals surface area contributed by atoms with Crippen molar-refractivity contribution in [2.45, 2.75) is 232 Å². The molecule has 6 heteroatoms. The molecule has 67 heavy (non-hydrogen) atoms. The Labute approximate surface area is 412 Å². The number of unbranched alkanes of at least 4 members (excludes halogenated alkanes) is 16. The van der Waals surface area contributed by atoms with Gasteiger partial charge in [-0.3, -0.25) is 14.4 Å². The van der Waals surface area contributed by atoms with Gasteiger partial charge in [0, 0.05) is 19.3 Å². The standard InChI is InChI=1S/C61H98O6/c1-4-7-10-13-16-19-22-25-28-30-33-36-39-42-45-48-51-54-60(63)66-57-58(56-65-59(62)53-50-47-44-41-38-35-32-27-24-21-18-15-12-9-6-3)67-61(64)55-52-49-46-43-40-37-34-31-29-26-23-20-17-14-11-8-5-2/h7,9-10,12,16-21,25-29,32-33,36,42,45,58H,4-6,8,11,13-15,22-24,30-31,34-35,37-41,43-44,46-57H2,1-3H3/b10-7-,12-9-,19-16-,20-17-,21-18-,28-25-,29-26-,32-27-,36-33-,45-42-. The number of carbonyl (C=O) groups excluding carboxylic acids is 3. The summed E-state index contributed by atoms with van der Waals surface area (Å²) in [4.78, 5) is 38.1. The van der Waals surface area contributed by atoms with E-state index in [1.54, 1.807) is 0 Å². The zero-order chi connectivity index (χ0) is 48.6. The SMILES string of the molecule is CC/C=C\C/C=C\C/C=C\C/C=C\C/C=C\CCCC(=O)OCC(COC(=O)CCCCCCC/C=C\C/C=C\C/C=C\CC)OC(=O)CCCCCCCCC/C=C\C/C=C\CCCCC. The molecule has 0 aliphatic carbocycles. The molecule has 1 unspecified atom stereocenters. The Balaban J connectivity index is 4.54. The Kier molecular flexibility index (Phi) is 51.0. The van der Waals surface area contributed by atoms with Gasteiger partial charge in [0.15, 0.2) is 6.10 Å². The summed E-state index contributed by atoms with van der Waals surface area (Å²) in [5.74, 6) is -1.000. The number of carbonyl (C=O) groups is 3. The van der Waals surface area contributed by atoms with E-state index in [9.17, 15) is 14.4 Å². The highest BCUT2D eigenvalue weighted by atomic mass is 16.6. The third kappa shape index (κ3) is 52.6. The van der Waals surface area contributed by atoms with E-state index >= 15 is 0 Å². The van der Waals surface area contributed by atoms with Gasteiger partial charge in [0.1, 0.15) is 13.2 Å². The second kappa shape index (κ2) is 54.4. The van der Waals surface area contributed by atoms with Crippen molar-refractivity contribution in [3.8, 4) is 0 Å². The number of hydrogen-bond acceptors (Lipinski definition) is 6. The summed E-state index contributed by atoms with van der Waals surface area (Å²) in [7, 11) is 0. The largest absolute Gasteiger partial charge is 0.462 e. The average Bonchev–Trinajstić information content (AvgIpc) is 3.33. The predicted octanol–water partition coefficient (Wildman–Crippen LogP) is 18.1. The van der Waals surface area contributed by atoms with Crippen LogP contribution in [0.1, 0.15) is 226 Å². The molecule has 0 aliphatic rings. The fraction of sp³-hybridized carbons (Fsp3) is 0.623. The summed E-state index contributed by atoms with van der Waals surface area (Å²) < 4.78 is 16.8. The number of allylic oxidation sites excluding steroid dienone is 20. The van der Waals surface area contributed by atoms with Crippen LogP contribution in [-0.4, -0.2) is 37.2 Å². The normalized spacial score (nSPS) is 13.1. The van der Waals surface area contributed by atoms with E-state index in [0.29, 0.717) is 19.3 Å². The van der Waals surface area contributed by atoms with Gasteiger partial charge in [-0.15, -0.1) is 0 Å². The van der Waals surface area contributed by atoms with E-state index in [1.165, 1.54) is 51.4 Å². The molecular weight excluding hydrogens is 829 g/mol. The third-order valence-corrected chi connectivity index (χ3v) is 10.9. The monoisotopic (exact) mass is 927 g/mol. The molecule has 0 amide bonds. The highest BCUT2D eigenvalue weighted by Gasteiger charge is 2.19. The Morgan fingerprint density at radius 1 is 0.313 bits per heavy atom. The van der Waals surface area contributed by atoms with Crippen LogP contribution >= 0.6 is 0 Å². The molecule has 0 N–H and O–H groups in total. The van der Waals surface area contributed by atoms with Gasteiger partial charge < -0.3 is 14.2 Å². The number of rotatable bonds is 47. The maximum Gasteiger partial charge on any atom is 0.306 e. The quantitative estimate of drug-likeness (QED) is 0.0262. The Hall–Kier alpha value is -4.19. The third-order valence-electron chi connectivity index (χ3n) is 10.9. The summed E-state index contributed by atoms with van der Waals surface area (Å²) >= 11 is 0. The predicted molar refractivity (Wildman–Crippen MR) is 288 cm³/mol. The summed E-state index contributed by atoms with van der Waals surface area (Å²) in [5, 5.41) is 0. The molecule has 0 aromatic heterocycles. The topological polar surface area (TPSA) is 78.9 Å². The fourth-order valence-electron chi connectivity index (χ4n) is 6.93. The molecule has 6 nitrogen and oxygen atoms in total. The van der Waals surface area contributed by atoms with Crippen LogP contribution in [0.5, 0.6) is 0 Å². The first kappa shape index (κ1) is 62.8. The van der Waals surface area contributed by atoms with Gasteiger partial charge >= 0.3 is 17.9 Å². The molecule has 0 aromatic carbocycles.